The molecule has 0 saturated heterocycles. The first-order chi connectivity index (χ1) is 15.6. The summed E-state index contributed by atoms with van der Waals surface area (Å²) in [6, 6.07) is 13.3. The molecule has 2 aromatic carbocycles. The number of benzene rings is 2. The molecule has 2 amide bonds. The number of nitrogens with zero attached hydrogens (tertiary/aromatic N) is 2. The van der Waals surface area contributed by atoms with Crippen LogP contribution in [0.25, 0.3) is 0 Å². The lowest BCUT2D eigenvalue weighted by Crippen LogP contribution is -2.51. The average molecular weight is 476 g/mol. The van der Waals surface area contributed by atoms with Crippen LogP contribution >= 0.6 is 0 Å². The largest absolute Gasteiger partial charge is 0.497 e. The first-order valence-electron chi connectivity index (χ1n) is 10.8. The van der Waals surface area contributed by atoms with E-state index in [4.69, 9.17) is 4.74 Å². The van der Waals surface area contributed by atoms with Crippen molar-refractivity contribution in [3.8, 4) is 5.75 Å². The van der Waals surface area contributed by atoms with Gasteiger partial charge in [0.2, 0.25) is 21.8 Å². The van der Waals surface area contributed by atoms with Crippen LogP contribution < -0.4 is 14.4 Å². The van der Waals surface area contributed by atoms with Gasteiger partial charge in [-0.1, -0.05) is 36.8 Å². The van der Waals surface area contributed by atoms with Gasteiger partial charge >= 0.3 is 0 Å². The highest BCUT2D eigenvalue weighted by molar-refractivity contribution is 7.92. The van der Waals surface area contributed by atoms with E-state index in [0.29, 0.717) is 18.0 Å². The topological polar surface area (TPSA) is 96.0 Å². The van der Waals surface area contributed by atoms with Crippen LogP contribution in [0.3, 0.4) is 0 Å². The van der Waals surface area contributed by atoms with E-state index in [1.165, 1.54) is 4.90 Å². The van der Waals surface area contributed by atoms with E-state index in [9.17, 15) is 18.0 Å². The lowest BCUT2D eigenvalue weighted by atomic mass is 10.1. The number of ether oxygens (including phenoxy) is 1. The molecule has 0 aliphatic heterocycles. The van der Waals surface area contributed by atoms with Gasteiger partial charge in [0.05, 0.1) is 19.1 Å². The molecule has 9 heteroatoms. The van der Waals surface area contributed by atoms with Crippen LogP contribution in [0.1, 0.15) is 31.4 Å². The van der Waals surface area contributed by atoms with E-state index in [1.807, 2.05) is 26.0 Å². The highest BCUT2D eigenvalue weighted by Gasteiger charge is 2.29. The van der Waals surface area contributed by atoms with Gasteiger partial charge in [-0.15, -0.1) is 0 Å². The molecule has 33 heavy (non-hydrogen) atoms. The maximum absolute atomic E-state index is 13.4. The summed E-state index contributed by atoms with van der Waals surface area (Å²) in [5, 5.41) is 2.81. The maximum atomic E-state index is 13.4. The van der Waals surface area contributed by atoms with Gasteiger partial charge in [-0.05, 0) is 50.1 Å². The fraction of sp³-hybridized carbons (Fsp3) is 0.417. The molecule has 0 bridgehead atoms. The molecule has 2 aromatic rings. The van der Waals surface area contributed by atoms with Crippen molar-refractivity contribution < 1.29 is 22.7 Å². The monoisotopic (exact) mass is 475 g/mol. The Labute approximate surface area is 196 Å². The fourth-order valence-corrected chi connectivity index (χ4v) is 4.08. The lowest BCUT2D eigenvalue weighted by molar-refractivity contribution is -0.139. The van der Waals surface area contributed by atoms with Gasteiger partial charge in [0.15, 0.2) is 0 Å². The number of nitrogens with one attached hydrogen (secondary N) is 1. The molecular weight excluding hydrogens is 442 g/mol. The standard InChI is InChI=1S/C24H33N3O5S/c1-6-15-25-24(29)19(3)26(16-20-9-13-22(32-4)14-10-20)23(28)17-27(33(5,30)31)21-11-7-18(2)8-12-21/h7-14,19H,6,15-17H2,1-5H3,(H,25,29)/t19-/m0/s1. The fourth-order valence-electron chi connectivity index (χ4n) is 3.23. The Hall–Kier alpha value is -3.07. The Balaban J connectivity index is 2.34. The summed E-state index contributed by atoms with van der Waals surface area (Å²) in [4.78, 5) is 27.5. The number of aryl methyl sites for hydroxylation is 1. The molecule has 180 valence electrons. The van der Waals surface area contributed by atoms with Crippen LogP contribution in [-0.2, 0) is 26.2 Å². The predicted octanol–water partition coefficient (Wildman–Crippen LogP) is 2.71. The summed E-state index contributed by atoms with van der Waals surface area (Å²) in [5.74, 6) is -0.0936. The van der Waals surface area contributed by atoms with Gasteiger partial charge in [-0.25, -0.2) is 8.42 Å². The summed E-state index contributed by atoms with van der Waals surface area (Å²) >= 11 is 0. The van der Waals surface area contributed by atoms with E-state index in [0.717, 1.165) is 28.1 Å². The third-order valence-corrected chi connectivity index (χ3v) is 6.37. The number of carbonyl (C=O) groups excluding carboxylic acids is 2. The molecule has 0 spiro atoms. The number of amides is 2. The van der Waals surface area contributed by atoms with Gasteiger partial charge in [0, 0.05) is 13.1 Å². The predicted molar refractivity (Wildman–Crippen MR) is 130 cm³/mol. The van der Waals surface area contributed by atoms with Crippen LogP contribution in [0.15, 0.2) is 48.5 Å². The van der Waals surface area contributed by atoms with Crippen molar-refractivity contribution in [3.05, 3.63) is 59.7 Å². The first kappa shape index (κ1) is 26.2. The van der Waals surface area contributed by atoms with Crippen LogP contribution in [0.4, 0.5) is 5.69 Å². The molecule has 0 aliphatic rings. The Morgan fingerprint density at radius 1 is 1.06 bits per heavy atom. The first-order valence-corrected chi connectivity index (χ1v) is 12.7. The zero-order chi connectivity index (χ0) is 24.6. The van der Waals surface area contributed by atoms with E-state index in [2.05, 4.69) is 5.32 Å². The Morgan fingerprint density at radius 2 is 1.67 bits per heavy atom. The SMILES string of the molecule is CCCNC(=O)[C@H](C)N(Cc1ccc(OC)cc1)C(=O)CN(c1ccc(C)cc1)S(C)(=O)=O. The highest BCUT2D eigenvalue weighted by atomic mass is 32.2. The van der Waals surface area contributed by atoms with Gasteiger partial charge in [0.1, 0.15) is 18.3 Å². The number of hydrogen-bond donors (Lipinski definition) is 1. The minimum Gasteiger partial charge on any atom is -0.497 e. The Bertz CT molecular complexity index is 1040. The molecular formula is C24H33N3O5S. The number of carbonyl (C=O) groups is 2. The van der Waals surface area contributed by atoms with Crippen molar-refractivity contribution in [2.24, 2.45) is 0 Å². The normalized spacial score (nSPS) is 12.0. The second-order valence-corrected chi connectivity index (χ2v) is 9.85. The van der Waals surface area contributed by atoms with Crippen LogP contribution in [0, 0.1) is 6.92 Å². The molecule has 1 atom stereocenters. The molecule has 0 radical (unpaired) electrons. The summed E-state index contributed by atoms with van der Waals surface area (Å²) in [5.41, 5.74) is 2.16. The smallest absolute Gasteiger partial charge is 0.244 e. The molecule has 0 fully saturated rings. The van der Waals surface area contributed by atoms with Crippen LogP contribution in [0.5, 0.6) is 5.75 Å². The highest BCUT2D eigenvalue weighted by Crippen LogP contribution is 2.20. The molecule has 0 aliphatic carbocycles. The zero-order valence-corrected chi connectivity index (χ0v) is 20.7. The minimum absolute atomic E-state index is 0.148. The number of rotatable bonds is 11. The molecule has 0 heterocycles. The van der Waals surface area contributed by atoms with Crippen molar-refractivity contribution >= 4 is 27.5 Å². The average Bonchev–Trinajstić information content (AvgIpc) is 2.79. The molecule has 1 N–H and O–H groups in total. The summed E-state index contributed by atoms with van der Waals surface area (Å²) < 4.78 is 31.3. The van der Waals surface area contributed by atoms with E-state index < -0.39 is 28.5 Å². The second kappa shape index (κ2) is 11.7. The number of anilines is 1. The van der Waals surface area contributed by atoms with E-state index in [1.54, 1.807) is 50.4 Å². The van der Waals surface area contributed by atoms with Crippen molar-refractivity contribution in [3.63, 3.8) is 0 Å². The number of methoxy groups -OCH3 is 1. The van der Waals surface area contributed by atoms with Crippen molar-refractivity contribution in [2.75, 3.05) is 30.8 Å². The van der Waals surface area contributed by atoms with Gasteiger partial charge in [-0.2, -0.15) is 0 Å². The Morgan fingerprint density at radius 3 is 2.18 bits per heavy atom. The van der Waals surface area contributed by atoms with Crippen molar-refractivity contribution in [1.82, 2.24) is 10.2 Å². The zero-order valence-electron chi connectivity index (χ0n) is 19.9. The summed E-state index contributed by atoms with van der Waals surface area (Å²) in [6.07, 6.45) is 1.82. The van der Waals surface area contributed by atoms with Gasteiger partial charge < -0.3 is 15.0 Å². The quantitative estimate of drug-likeness (QED) is 0.539. The Kier molecular flexibility index (Phi) is 9.28. The molecule has 8 nitrogen and oxygen atoms in total. The second-order valence-electron chi connectivity index (χ2n) is 7.94. The third kappa shape index (κ3) is 7.49. The molecule has 2 rings (SSSR count). The van der Waals surface area contributed by atoms with E-state index in [-0.39, 0.29) is 12.5 Å². The molecule has 0 unspecified atom stereocenters. The molecule has 0 saturated carbocycles. The summed E-state index contributed by atoms with van der Waals surface area (Å²) in [6.45, 7) is 5.71. The third-order valence-electron chi connectivity index (χ3n) is 5.23. The minimum atomic E-state index is -3.73. The van der Waals surface area contributed by atoms with Crippen molar-refractivity contribution in [1.29, 1.82) is 0 Å². The van der Waals surface area contributed by atoms with Gasteiger partial charge in [0.25, 0.3) is 0 Å². The number of sulfonamides is 1. The van der Waals surface area contributed by atoms with Crippen LogP contribution in [0.2, 0.25) is 0 Å². The summed E-state index contributed by atoms with van der Waals surface area (Å²) in [7, 11) is -2.17. The lowest BCUT2D eigenvalue weighted by Gasteiger charge is -2.31. The van der Waals surface area contributed by atoms with E-state index >= 15 is 0 Å². The van der Waals surface area contributed by atoms with Crippen LogP contribution in [-0.4, -0.2) is 57.6 Å². The van der Waals surface area contributed by atoms with Crippen molar-refractivity contribution in [2.45, 2.75) is 39.8 Å². The molecule has 0 aromatic heterocycles. The number of hydrogen-bond acceptors (Lipinski definition) is 5. The maximum Gasteiger partial charge on any atom is 0.244 e. The van der Waals surface area contributed by atoms with Gasteiger partial charge in [-0.3, -0.25) is 13.9 Å².